The summed E-state index contributed by atoms with van der Waals surface area (Å²) in [5, 5.41) is 2.81. The van der Waals surface area contributed by atoms with Gasteiger partial charge in [-0.1, -0.05) is 0 Å². The van der Waals surface area contributed by atoms with E-state index in [1.807, 2.05) is 39.8 Å². The third kappa shape index (κ3) is 4.28. The van der Waals surface area contributed by atoms with Gasteiger partial charge in [0.05, 0.1) is 12.2 Å². The lowest BCUT2D eigenvalue weighted by molar-refractivity contribution is 0.0532. The Morgan fingerprint density at radius 3 is 2.46 bits per heavy atom. The second kappa shape index (κ2) is 7.67. The summed E-state index contributed by atoms with van der Waals surface area (Å²) in [6.45, 7) is 7.51. The molecule has 28 heavy (non-hydrogen) atoms. The Balaban J connectivity index is 1.94. The number of nitrogens with one attached hydrogen (secondary N) is 1. The normalized spacial score (nSPS) is 11.3. The quantitative estimate of drug-likeness (QED) is 0.748. The van der Waals surface area contributed by atoms with Crippen molar-refractivity contribution in [3.63, 3.8) is 0 Å². The van der Waals surface area contributed by atoms with Gasteiger partial charge in [-0.25, -0.2) is 14.6 Å². The molecular weight excluding hydrogens is 358 g/mol. The summed E-state index contributed by atoms with van der Waals surface area (Å²) < 4.78 is 8.31. The van der Waals surface area contributed by atoms with Gasteiger partial charge >= 0.3 is 12.1 Å². The lowest BCUT2D eigenvalue weighted by atomic mass is 10.1. The van der Waals surface area contributed by atoms with Crippen LogP contribution in [0.2, 0.25) is 0 Å². The van der Waals surface area contributed by atoms with Gasteiger partial charge in [-0.3, -0.25) is 14.1 Å². The first-order valence-corrected chi connectivity index (χ1v) is 8.87. The molecule has 0 radical (unpaired) electrons. The Morgan fingerprint density at radius 1 is 1.14 bits per heavy atom. The maximum absolute atomic E-state index is 12.8. The number of imidazole rings is 1. The minimum absolute atomic E-state index is 0.160. The van der Waals surface area contributed by atoms with Gasteiger partial charge in [0.1, 0.15) is 11.9 Å². The number of carbonyl (C=O) groups excluding carboxylic acids is 2. The van der Waals surface area contributed by atoms with Crippen LogP contribution in [0.1, 0.15) is 32.0 Å². The van der Waals surface area contributed by atoms with E-state index in [1.165, 1.54) is 21.7 Å². The van der Waals surface area contributed by atoms with Crippen molar-refractivity contribution in [2.75, 3.05) is 0 Å². The van der Waals surface area contributed by atoms with Crippen LogP contribution in [-0.2, 0) is 11.3 Å². The summed E-state index contributed by atoms with van der Waals surface area (Å²) in [6, 6.07) is 3.41. The molecule has 3 heterocycles. The van der Waals surface area contributed by atoms with Gasteiger partial charge in [-0.15, -0.1) is 0 Å². The van der Waals surface area contributed by atoms with Crippen molar-refractivity contribution in [1.29, 1.82) is 0 Å². The zero-order valence-corrected chi connectivity index (χ0v) is 16.3. The molecule has 0 aromatic carbocycles. The third-order valence-corrected chi connectivity index (χ3v) is 4.11. The molecule has 3 aromatic rings. The van der Waals surface area contributed by atoms with Gasteiger partial charge < -0.3 is 10.1 Å². The molecule has 8 nitrogen and oxygen atoms in total. The van der Waals surface area contributed by atoms with Gasteiger partial charge in [0.15, 0.2) is 0 Å². The first kappa shape index (κ1) is 19.3. The summed E-state index contributed by atoms with van der Waals surface area (Å²) in [5.41, 5.74) is 2.69. The molecule has 0 spiro atoms. The van der Waals surface area contributed by atoms with E-state index in [0.717, 1.165) is 16.7 Å². The maximum atomic E-state index is 12.8. The van der Waals surface area contributed by atoms with Crippen molar-refractivity contribution in [2.24, 2.45) is 0 Å². The third-order valence-electron chi connectivity index (χ3n) is 4.11. The zero-order chi connectivity index (χ0) is 20.3. The fraction of sp³-hybridized carbons (Fsp3) is 0.300. The van der Waals surface area contributed by atoms with Crippen LogP contribution in [0.25, 0.3) is 11.1 Å². The average molecular weight is 381 g/mol. The standard InChI is InChI=1S/C20H23N5O3/c1-14-16(15-5-7-21-8-6-15)12-25(19(27)28-20(2,3)4)17(14)11-23-18(26)24-10-9-22-13-24/h5-10,12-13H,11H2,1-4H3,(H,23,26). The van der Waals surface area contributed by atoms with Crippen LogP contribution in [0, 0.1) is 6.92 Å². The summed E-state index contributed by atoms with van der Waals surface area (Å²) in [7, 11) is 0. The van der Waals surface area contributed by atoms with Gasteiger partial charge in [-0.05, 0) is 51.0 Å². The molecular formula is C20H23N5O3. The number of aromatic nitrogens is 4. The molecule has 0 atom stereocenters. The molecule has 3 aromatic heterocycles. The fourth-order valence-corrected chi connectivity index (χ4v) is 2.78. The Morgan fingerprint density at radius 2 is 1.86 bits per heavy atom. The fourth-order valence-electron chi connectivity index (χ4n) is 2.78. The highest BCUT2D eigenvalue weighted by Gasteiger charge is 2.23. The number of amides is 1. The molecule has 0 bridgehead atoms. The molecule has 3 rings (SSSR count). The van der Waals surface area contributed by atoms with E-state index < -0.39 is 11.7 Å². The maximum Gasteiger partial charge on any atom is 0.418 e. The Hall–Kier alpha value is -3.42. The van der Waals surface area contributed by atoms with Gasteiger partial charge in [0, 0.05) is 36.5 Å². The van der Waals surface area contributed by atoms with Gasteiger partial charge in [-0.2, -0.15) is 0 Å². The van der Waals surface area contributed by atoms with Crippen molar-refractivity contribution < 1.29 is 14.3 Å². The lowest BCUT2D eigenvalue weighted by Crippen LogP contribution is -2.31. The summed E-state index contributed by atoms with van der Waals surface area (Å²) in [6.07, 6.45) is 9.12. The molecule has 0 unspecified atom stereocenters. The highest BCUT2D eigenvalue weighted by molar-refractivity contribution is 5.79. The molecule has 0 aliphatic heterocycles. The second-order valence-electron chi connectivity index (χ2n) is 7.33. The SMILES string of the molecule is Cc1c(-c2ccncc2)cn(C(=O)OC(C)(C)C)c1CNC(=O)n1ccnc1. The highest BCUT2D eigenvalue weighted by Crippen LogP contribution is 2.28. The topological polar surface area (TPSA) is 91.0 Å². The first-order chi connectivity index (χ1) is 13.3. The molecule has 0 fully saturated rings. The van der Waals surface area contributed by atoms with Crippen molar-refractivity contribution in [2.45, 2.75) is 39.8 Å². The largest absolute Gasteiger partial charge is 0.443 e. The second-order valence-corrected chi connectivity index (χ2v) is 7.33. The van der Waals surface area contributed by atoms with E-state index in [1.54, 1.807) is 24.8 Å². The van der Waals surface area contributed by atoms with E-state index >= 15 is 0 Å². The van der Waals surface area contributed by atoms with E-state index in [9.17, 15) is 9.59 Å². The first-order valence-electron chi connectivity index (χ1n) is 8.87. The predicted octanol–water partition coefficient (Wildman–Crippen LogP) is 3.60. The van der Waals surface area contributed by atoms with Gasteiger partial charge in [0.2, 0.25) is 0 Å². The van der Waals surface area contributed by atoms with E-state index in [4.69, 9.17) is 4.74 Å². The number of pyridine rings is 1. The number of hydrogen-bond donors (Lipinski definition) is 1. The molecule has 146 valence electrons. The molecule has 0 aliphatic carbocycles. The van der Waals surface area contributed by atoms with Gasteiger partial charge in [0.25, 0.3) is 0 Å². The van der Waals surface area contributed by atoms with Crippen molar-refractivity contribution in [3.05, 3.63) is 60.7 Å². The van der Waals surface area contributed by atoms with Crippen LogP contribution in [0.3, 0.4) is 0 Å². The van der Waals surface area contributed by atoms with E-state index in [0.29, 0.717) is 5.69 Å². The van der Waals surface area contributed by atoms with Crippen molar-refractivity contribution in [3.8, 4) is 11.1 Å². The summed E-state index contributed by atoms with van der Waals surface area (Å²) in [5.74, 6) is 0. The number of nitrogens with zero attached hydrogens (tertiary/aromatic N) is 4. The number of carbonyl (C=O) groups is 2. The van der Waals surface area contributed by atoms with Crippen LogP contribution in [0.4, 0.5) is 9.59 Å². The number of rotatable bonds is 3. The molecule has 1 N–H and O–H groups in total. The molecule has 0 saturated heterocycles. The van der Waals surface area contributed by atoms with Crippen LogP contribution in [-0.4, -0.2) is 36.8 Å². The highest BCUT2D eigenvalue weighted by atomic mass is 16.6. The average Bonchev–Trinajstić information content (AvgIpc) is 3.27. The minimum atomic E-state index is -0.635. The number of hydrogen-bond acceptors (Lipinski definition) is 5. The summed E-state index contributed by atoms with van der Waals surface area (Å²) >= 11 is 0. The van der Waals surface area contributed by atoms with Crippen LogP contribution in [0.15, 0.2) is 49.4 Å². The predicted molar refractivity (Wildman–Crippen MR) is 104 cm³/mol. The van der Waals surface area contributed by atoms with Crippen LogP contribution in [0.5, 0.6) is 0 Å². The molecule has 0 saturated carbocycles. The van der Waals surface area contributed by atoms with Crippen LogP contribution >= 0.6 is 0 Å². The molecule has 0 aliphatic rings. The van der Waals surface area contributed by atoms with Crippen molar-refractivity contribution in [1.82, 2.24) is 24.4 Å². The zero-order valence-electron chi connectivity index (χ0n) is 16.3. The molecule has 8 heteroatoms. The molecule has 1 amide bonds. The van der Waals surface area contributed by atoms with Crippen LogP contribution < -0.4 is 5.32 Å². The monoisotopic (exact) mass is 381 g/mol. The number of ether oxygens (including phenoxy) is 1. The summed E-state index contributed by atoms with van der Waals surface area (Å²) in [4.78, 5) is 32.9. The smallest absolute Gasteiger partial charge is 0.418 e. The Bertz CT molecular complexity index is 969. The van der Waals surface area contributed by atoms with E-state index in [-0.39, 0.29) is 12.6 Å². The lowest BCUT2D eigenvalue weighted by Gasteiger charge is -2.20. The Labute approximate surface area is 163 Å². The van der Waals surface area contributed by atoms with Crippen molar-refractivity contribution >= 4 is 12.1 Å². The van der Waals surface area contributed by atoms with E-state index in [2.05, 4.69) is 15.3 Å². The minimum Gasteiger partial charge on any atom is -0.443 e. The Kier molecular flexibility index (Phi) is 5.30.